The first-order valence-electron chi connectivity index (χ1n) is 5.36. The number of nitriles is 1. The van der Waals surface area contributed by atoms with Crippen LogP contribution in [0.4, 0.5) is 11.4 Å². The molecule has 0 aliphatic rings. The number of benzene rings is 1. The van der Waals surface area contributed by atoms with Gasteiger partial charge in [-0.2, -0.15) is 5.26 Å². The van der Waals surface area contributed by atoms with Gasteiger partial charge in [0.2, 0.25) is 0 Å². The lowest BCUT2D eigenvalue weighted by atomic mass is 10.0. The maximum Gasteiger partial charge on any atom is 0.270 e. The van der Waals surface area contributed by atoms with Gasteiger partial charge in [0.05, 0.1) is 28.3 Å². The Bertz CT molecular complexity index is 506. The fourth-order valence-electron chi connectivity index (χ4n) is 1.45. The van der Waals surface area contributed by atoms with Gasteiger partial charge in [-0.25, -0.2) is 0 Å². The molecule has 0 bridgehead atoms. The lowest BCUT2D eigenvalue weighted by Gasteiger charge is -2.36. The largest absolute Gasteiger partial charge is 0.394 e. The Kier molecular flexibility index (Phi) is 3.89. The summed E-state index contributed by atoms with van der Waals surface area (Å²) in [4.78, 5) is 11.8. The van der Waals surface area contributed by atoms with Crippen LogP contribution < -0.4 is 4.90 Å². The first kappa shape index (κ1) is 13.9. The summed E-state index contributed by atoms with van der Waals surface area (Å²) in [5.41, 5.74) is 0.0998. The summed E-state index contributed by atoms with van der Waals surface area (Å²) in [6, 6.07) is 6.04. The first-order valence-corrected chi connectivity index (χ1v) is 5.36. The van der Waals surface area contributed by atoms with E-state index in [1.165, 1.54) is 18.2 Å². The van der Waals surface area contributed by atoms with Crippen molar-refractivity contribution in [1.82, 2.24) is 0 Å². The van der Waals surface area contributed by atoms with E-state index in [4.69, 9.17) is 5.26 Å². The number of anilines is 1. The van der Waals surface area contributed by atoms with Crippen LogP contribution in [0.2, 0.25) is 0 Å². The number of non-ortho nitro benzene ring substituents is 1. The highest BCUT2D eigenvalue weighted by atomic mass is 16.6. The maximum absolute atomic E-state index is 10.6. The Labute approximate surface area is 105 Å². The standard InChI is InChI=1S/C12H15N3O3/c1-12(2,8-16)14(3)11-5-4-10(15(17)18)6-9(11)7-13/h4-6,16H,8H2,1-3H3. The molecule has 0 heterocycles. The fraction of sp³-hybridized carbons (Fsp3) is 0.417. The van der Waals surface area contributed by atoms with E-state index in [1.54, 1.807) is 11.9 Å². The Morgan fingerprint density at radius 2 is 2.17 bits per heavy atom. The average Bonchev–Trinajstić information content (AvgIpc) is 2.36. The van der Waals surface area contributed by atoms with Crippen LogP contribution in [-0.4, -0.2) is 29.2 Å². The van der Waals surface area contributed by atoms with Crippen molar-refractivity contribution in [3.63, 3.8) is 0 Å². The van der Waals surface area contributed by atoms with E-state index in [9.17, 15) is 15.2 Å². The summed E-state index contributed by atoms with van der Waals surface area (Å²) in [7, 11) is 1.73. The molecule has 0 aliphatic heterocycles. The van der Waals surface area contributed by atoms with Crippen molar-refractivity contribution in [2.75, 3.05) is 18.6 Å². The zero-order chi connectivity index (χ0) is 13.9. The molecule has 0 aliphatic carbocycles. The van der Waals surface area contributed by atoms with Crippen molar-refractivity contribution < 1.29 is 10.0 Å². The molecule has 0 spiro atoms. The minimum atomic E-state index is -0.554. The van der Waals surface area contributed by atoms with Crippen molar-refractivity contribution >= 4 is 11.4 Å². The number of hydrogen-bond acceptors (Lipinski definition) is 5. The van der Waals surface area contributed by atoms with E-state index in [0.717, 1.165) is 0 Å². The van der Waals surface area contributed by atoms with Crippen LogP contribution in [0.5, 0.6) is 0 Å². The lowest BCUT2D eigenvalue weighted by Crippen LogP contribution is -2.44. The van der Waals surface area contributed by atoms with E-state index in [0.29, 0.717) is 5.69 Å². The van der Waals surface area contributed by atoms with E-state index in [1.807, 2.05) is 19.9 Å². The summed E-state index contributed by atoms with van der Waals surface area (Å²) in [6.45, 7) is 3.54. The molecule has 1 aromatic carbocycles. The molecule has 0 saturated carbocycles. The van der Waals surface area contributed by atoms with Gasteiger partial charge in [-0.1, -0.05) is 0 Å². The number of aliphatic hydroxyl groups excluding tert-OH is 1. The molecule has 0 amide bonds. The summed E-state index contributed by atoms with van der Waals surface area (Å²) >= 11 is 0. The Balaban J connectivity index is 3.27. The van der Waals surface area contributed by atoms with Crippen molar-refractivity contribution in [3.8, 4) is 6.07 Å². The zero-order valence-corrected chi connectivity index (χ0v) is 10.5. The topological polar surface area (TPSA) is 90.4 Å². The van der Waals surface area contributed by atoms with E-state index in [2.05, 4.69) is 0 Å². The third-order valence-electron chi connectivity index (χ3n) is 2.97. The predicted molar refractivity (Wildman–Crippen MR) is 67.4 cm³/mol. The number of aliphatic hydroxyl groups is 1. The Morgan fingerprint density at radius 3 is 2.61 bits per heavy atom. The molecule has 18 heavy (non-hydrogen) atoms. The smallest absolute Gasteiger partial charge is 0.270 e. The van der Waals surface area contributed by atoms with Gasteiger partial charge in [-0.05, 0) is 19.9 Å². The Morgan fingerprint density at radius 1 is 1.56 bits per heavy atom. The highest BCUT2D eigenvalue weighted by Crippen LogP contribution is 2.28. The van der Waals surface area contributed by atoms with Crippen molar-refractivity contribution in [2.45, 2.75) is 19.4 Å². The molecule has 0 radical (unpaired) electrons. The van der Waals surface area contributed by atoms with Crippen LogP contribution >= 0.6 is 0 Å². The van der Waals surface area contributed by atoms with Crippen molar-refractivity contribution in [1.29, 1.82) is 5.26 Å². The second-order valence-electron chi connectivity index (χ2n) is 4.60. The van der Waals surface area contributed by atoms with Gasteiger partial charge < -0.3 is 10.0 Å². The normalized spacial score (nSPS) is 10.8. The molecular weight excluding hydrogens is 234 g/mol. The SMILES string of the molecule is CN(c1ccc([N+](=O)[O-])cc1C#N)C(C)(C)CO. The van der Waals surface area contributed by atoms with Gasteiger partial charge in [0.15, 0.2) is 0 Å². The third-order valence-corrected chi connectivity index (χ3v) is 2.97. The quantitative estimate of drug-likeness (QED) is 0.647. The summed E-state index contributed by atoms with van der Waals surface area (Å²) < 4.78 is 0. The molecule has 0 saturated heterocycles. The number of likely N-dealkylation sites (N-methyl/N-ethyl adjacent to an activating group) is 1. The Hall–Kier alpha value is -2.13. The average molecular weight is 249 g/mol. The van der Waals surface area contributed by atoms with Crippen LogP contribution in [0, 0.1) is 21.4 Å². The lowest BCUT2D eigenvalue weighted by molar-refractivity contribution is -0.384. The van der Waals surface area contributed by atoms with Crippen LogP contribution in [0.1, 0.15) is 19.4 Å². The minimum absolute atomic E-state index is 0.0919. The monoisotopic (exact) mass is 249 g/mol. The zero-order valence-electron chi connectivity index (χ0n) is 10.5. The summed E-state index contributed by atoms with van der Waals surface area (Å²) in [5.74, 6) is 0. The van der Waals surface area contributed by atoms with Crippen LogP contribution in [0.3, 0.4) is 0 Å². The maximum atomic E-state index is 10.6. The molecule has 0 fully saturated rings. The first-order chi connectivity index (χ1) is 8.33. The molecule has 1 rings (SSSR count). The molecule has 6 nitrogen and oxygen atoms in total. The second-order valence-corrected chi connectivity index (χ2v) is 4.60. The molecule has 96 valence electrons. The van der Waals surface area contributed by atoms with Crippen LogP contribution in [0.15, 0.2) is 18.2 Å². The highest BCUT2D eigenvalue weighted by molar-refractivity contribution is 5.63. The molecule has 1 N–H and O–H groups in total. The van der Waals surface area contributed by atoms with E-state index < -0.39 is 10.5 Å². The van der Waals surface area contributed by atoms with Gasteiger partial charge in [-0.15, -0.1) is 0 Å². The number of hydrogen-bond donors (Lipinski definition) is 1. The van der Waals surface area contributed by atoms with Gasteiger partial charge in [0.1, 0.15) is 6.07 Å². The molecule has 1 aromatic rings. The fourth-order valence-corrected chi connectivity index (χ4v) is 1.45. The van der Waals surface area contributed by atoms with Crippen LogP contribution in [0.25, 0.3) is 0 Å². The third kappa shape index (κ3) is 2.57. The molecule has 0 unspecified atom stereocenters. The van der Waals surface area contributed by atoms with Gasteiger partial charge in [-0.3, -0.25) is 10.1 Å². The van der Waals surface area contributed by atoms with E-state index in [-0.39, 0.29) is 17.9 Å². The molecule has 0 atom stereocenters. The summed E-state index contributed by atoms with van der Waals surface area (Å²) in [5, 5.41) is 29.0. The summed E-state index contributed by atoms with van der Waals surface area (Å²) in [6.07, 6.45) is 0. The van der Waals surface area contributed by atoms with E-state index >= 15 is 0 Å². The second kappa shape index (κ2) is 5.02. The number of nitrogens with zero attached hydrogens (tertiary/aromatic N) is 3. The van der Waals surface area contributed by atoms with Crippen molar-refractivity contribution in [3.05, 3.63) is 33.9 Å². The number of nitro groups is 1. The van der Waals surface area contributed by atoms with Crippen LogP contribution in [-0.2, 0) is 0 Å². The number of rotatable bonds is 4. The van der Waals surface area contributed by atoms with Gasteiger partial charge >= 0.3 is 0 Å². The highest BCUT2D eigenvalue weighted by Gasteiger charge is 2.25. The van der Waals surface area contributed by atoms with Crippen molar-refractivity contribution in [2.24, 2.45) is 0 Å². The minimum Gasteiger partial charge on any atom is -0.394 e. The number of nitro benzene ring substituents is 1. The van der Waals surface area contributed by atoms with Gasteiger partial charge in [0, 0.05) is 19.2 Å². The predicted octanol–water partition coefficient (Wildman–Crippen LogP) is 1.67. The molecule has 6 heteroatoms. The molecule has 0 aromatic heterocycles. The molecular formula is C12H15N3O3. The van der Waals surface area contributed by atoms with Gasteiger partial charge in [0.25, 0.3) is 5.69 Å².